The second-order valence-electron chi connectivity index (χ2n) is 4.40. The quantitative estimate of drug-likeness (QED) is 0.833. The van der Waals surface area contributed by atoms with E-state index in [2.05, 4.69) is 36.3 Å². The maximum atomic E-state index is 5.35. The zero-order chi connectivity index (χ0) is 12.8. The van der Waals surface area contributed by atoms with E-state index in [4.69, 9.17) is 4.42 Å². The number of nitrogens with one attached hydrogen (secondary N) is 1. The standard InChI is InChI=1S/C14H20N2OS/c1-3-15-9-13-6-7-14(18-13)11-16(2)10-12-5-4-8-17-12/h4-8,15H,3,9-11H2,1-2H3. The lowest BCUT2D eigenvalue weighted by Crippen LogP contribution is -2.16. The Morgan fingerprint density at radius 3 is 2.78 bits per heavy atom. The molecular formula is C14H20N2OS. The Kier molecular flexibility index (Phi) is 4.99. The van der Waals surface area contributed by atoms with Gasteiger partial charge in [0.25, 0.3) is 0 Å². The molecule has 0 aromatic carbocycles. The molecule has 0 unspecified atom stereocenters. The van der Waals surface area contributed by atoms with Crippen LogP contribution in [0.5, 0.6) is 0 Å². The van der Waals surface area contributed by atoms with Gasteiger partial charge in [0, 0.05) is 22.8 Å². The van der Waals surface area contributed by atoms with Crippen LogP contribution in [0.25, 0.3) is 0 Å². The molecule has 1 N–H and O–H groups in total. The second kappa shape index (κ2) is 6.73. The van der Waals surface area contributed by atoms with Crippen molar-refractivity contribution in [2.75, 3.05) is 13.6 Å². The van der Waals surface area contributed by atoms with Crippen LogP contribution < -0.4 is 5.32 Å². The Morgan fingerprint density at radius 1 is 1.22 bits per heavy atom. The van der Waals surface area contributed by atoms with Crippen molar-refractivity contribution in [1.29, 1.82) is 0 Å². The summed E-state index contributed by atoms with van der Waals surface area (Å²) in [6.45, 7) is 5.95. The summed E-state index contributed by atoms with van der Waals surface area (Å²) < 4.78 is 5.35. The Balaban J connectivity index is 1.83. The van der Waals surface area contributed by atoms with Crippen molar-refractivity contribution in [1.82, 2.24) is 10.2 Å². The molecule has 4 heteroatoms. The first-order valence-corrected chi connectivity index (χ1v) is 7.09. The molecule has 0 amide bonds. The molecule has 0 radical (unpaired) electrons. The molecule has 2 aromatic heterocycles. The van der Waals surface area contributed by atoms with Gasteiger partial charge in [-0.25, -0.2) is 0 Å². The van der Waals surface area contributed by atoms with Crippen molar-refractivity contribution in [3.8, 4) is 0 Å². The molecule has 0 aliphatic carbocycles. The highest BCUT2D eigenvalue weighted by Crippen LogP contribution is 2.18. The summed E-state index contributed by atoms with van der Waals surface area (Å²) in [5, 5.41) is 3.35. The molecular weight excluding hydrogens is 244 g/mol. The van der Waals surface area contributed by atoms with Crippen molar-refractivity contribution >= 4 is 11.3 Å². The predicted molar refractivity (Wildman–Crippen MR) is 75.6 cm³/mol. The number of rotatable bonds is 7. The van der Waals surface area contributed by atoms with Gasteiger partial charge in [0.1, 0.15) is 5.76 Å². The third kappa shape index (κ3) is 3.98. The first kappa shape index (κ1) is 13.3. The third-order valence-corrected chi connectivity index (χ3v) is 3.77. The fourth-order valence-corrected chi connectivity index (χ4v) is 2.91. The number of furan rings is 1. The van der Waals surface area contributed by atoms with Gasteiger partial charge in [-0.1, -0.05) is 6.92 Å². The zero-order valence-corrected chi connectivity index (χ0v) is 11.8. The molecule has 0 atom stereocenters. The minimum Gasteiger partial charge on any atom is -0.468 e. The molecule has 0 fully saturated rings. The normalized spacial score (nSPS) is 11.3. The van der Waals surface area contributed by atoms with E-state index in [9.17, 15) is 0 Å². The van der Waals surface area contributed by atoms with Crippen LogP contribution in [0, 0.1) is 0 Å². The van der Waals surface area contributed by atoms with Gasteiger partial charge in [-0.2, -0.15) is 0 Å². The van der Waals surface area contributed by atoms with Gasteiger partial charge in [0.15, 0.2) is 0 Å². The molecule has 0 aliphatic heterocycles. The minimum absolute atomic E-state index is 0.855. The highest BCUT2D eigenvalue weighted by atomic mass is 32.1. The molecule has 0 spiro atoms. The van der Waals surface area contributed by atoms with E-state index in [0.717, 1.165) is 31.9 Å². The van der Waals surface area contributed by atoms with Crippen LogP contribution in [0.2, 0.25) is 0 Å². The van der Waals surface area contributed by atoms with Gasteiger partial charge in [0.05, 0.1) is 12.8 Å². The second-order valence-corrected chi connectivity index (χ2v) is 5.65. The number of hydrogen-bond donors (Lipinski definition) is 1. The van der Waals surface area contributed by atoms with Gasteiger partial charge in [0.2, 0.25) is 0 Å². The van der Waals surface area contributed by atoms with Crippen LogP contribution in [-0.2, 0) is 19.6 Å². The minimum atomic E-state index is 0.855. The first-order chi connectivity index (χ1) is 8.78. The van der Waals surface area contributed by atoms with Gasteiger partial charge < -0.3 is 9.73 Å². The lowest BCUT2D eigenvalue weighted by Gasteiger charge is -2.13. The maximum Gasteiger partial charge on any atom is 0.117 e. The fraction of sp³-hybridized carbons (Fsp3) is 0.429. The molecule has 3 nitrogen and oxygen atoms in total. The summed E-state index contributed by atoms with van der Waals surface area (Å²) in [5.41, 5.74) is 0. The monoisotopic (exact) mass is 264 g/mol. The smallest absolute Gasteiger partial charge is 0.117 e. The van der Waals surface area contributed by atoms with E-state index in [0.29, 0.717) is 0 Å². The van der Waals surface area contributed by atoms with Crippen molar-refractivity contribution in [2.24, 2.45) is 0 Å². The van der Waals surface area contributed by atoms with E-state index in [1.165, 1.54) is 9.75 Å². The first-order valence-electron chi connectivity index (χ1n) is 6.27. The zero-order valence-electron chi connectivity index (χ0n) is 11.0. The number of hydrogen-bond acceptors (Lipinski definition) is 4. The molecule has 98 valence electrons. The number of thiophene rings is 1. The van der Waals surface area contributed by atoms with Gasteiger partial charge in [-0.3, -0.25) is 4.90 Å². The summed E-state index contributed by atoms with van der Waals surface area (Å²) >= 11 is 1.88. The van der Waals surface area contributed by atoms with E-state index in [-0.39, 0.29) is 0 Å². The average molecular weight is 264 g/mol. The van der Waals surface area contributed by atoms with Crippen LogP contribution in [0.15, 0.2) is 34.9 Å². The summed E-state index contributed by atoms with van der Waals surface area (Å²) in [7, 11) is 2.12. The van der Waals surface area contributed by atoms with Crippen LogP contribution in [0.4, 0.5) is 0 Å². The topological polar surface area (TPSA) is 28.4 Å². The van der Waals surface area contributed by atoms with E-state index in [1.807, 2.05) is 23.5 Å². The molecule has 2 rings (SSSR count). The average Bonchev–Trinajstić information content (AvgIpc) is 2.98. The van der Waals surface area contributed by atoms with Crippen LogP contribution >= 0.6 is 11.3 Å². The summed E-state index contributed by atoms with van der Waals surface area (Å²) in [6, 6.07) is 8.38. The lowest BCUT2D eigenvalue weighted by molar-refractivity contribution is 0.290. The SMILES string of the molecule is CCNCc1ccc(CN(C)Cc2ccco2)s1. The summed E-state index contributed by atoms with van der Waals surface area (Å²) in [5.74, 6) is 1.02. The molecule has 0 aliphatic rings. The van der Waals surface area contributed by atoms with Crippen LogP contribution in [0.3, 0.4) is 0 Å². The van der Waals surface area contributed by atoms with Gasteiger partial charge in [-0.15, -0.1) is 11.3 Å². The van der Waals surface area contributed by atoms with Gasteiger partial charge >= 0.3 is 0 Å². The molecule has 2 aromatic rings. The Bertz CT molecular complexity index is 450. The summed E-state index contributed by atoms with van der Waals surface area (Å²) in [4.78, 5) is 5.07. The third-order valence-electron chi connectivity index (χ3n) is 2.70. The Hall–Kier alpha value is -1.10. The van der Waals surface area contributed by atoms with E-state index in [1.54, 1.807) is 6.26 Å². The summed E-state index contributed by atoms with van der Waals surface area (Å²) in [6.07, 6.45) is 1.73. The van der Waals surface area contributed by atoms with E-state index < -0.39 is 0 Å². The van der Waals surface area contributed by atoms with Crippen LogP contribution in [-0.4, -0.2) is 18.5 Å². The highest BCUT2D eigenvalue weighted by molar-refractivity contribution is 7.11. The van der Waals surface area contributed by atoms with Crippen molar-refractivity contribution in [3.63, 3.8) is 0 Å². The largest absolute Gasteiger partial charge is 0.468 e. The lowest BCUT2D eigenvalue weighted by atomic mass is 10.3. The van der Waals surface area contributed by atoms with Crippen LogP contribution in [0.1, 0.15) is 22.4 Å². The van der Waals surface area contributed by atoms with Crippen molar-refractivity contribution < 1.29 is 4.42 Å². The molecule has 0 bridgehead atoms. The van der Waals surface area contributed by atoms with E-state index >= 15 is 0 Å². The fourth-order valence-electron chi connectivity index (χ4n) is 1.84. The van der Waals surface area contributed by atoms with Crippen molar-refractivity contribution in [2.45, 2.75) is 26.6 Å². The molecule has 18 heavy (non-hydrogen) atoms. The van der Waals surface area contributed by atoms with Gasteiger partial charge in [-0.05, 0) is 37.9 Å². The Labute approximate surface area is 112 Å². The highest BCUT2D eigenvalue weighted by Gasteiger charge is 2.06. The molecule has 2 heterocycles. The predicted octanol–water partition coefficient (Wildman–Crippen LogP) is 3.08. The van der Waals surface area contributed by atoms with Crippen molar-refractivity contribution in [3.05, 3.63) is 46.0 Å². The maximum absolute atomic E-state index is 5.35. The molecule has 0 saturated heterocycles. The number of nitrogens with zero attached hydrogens (tertiary/aromatic N) is 1. The molecule has 0 saturated carbocycles. The Morgan fingerprint density at radius 2 is 2.06 bits per heavy atom.